The second-order valence-electron chi connectivity index (χ2n) is 2.81. The minimum absolute atomic E-state index is 1.02. The monoisotopic (exact) mass is 175 g/mol. The van der Waals surface area contributed by atoms with Gasteiger partial charge < -0.3 is 5.32 Å². The fourth-order valence-electron chi connectivity index (χ4n) is 1.48. The van der Waals surface area contributed by atoms with Gasteiger partial charge in [0.15, 0.2) is 0 Å². The largest absolute Gasteiger partial charge is 0.385 e. The lowest BCUT2D eigenvalue weighted by atomic mass is 9.99. The quantitative estimate of drug-likeness (QED) is 0.639. The summed E-state index contributed by atoms with van der Waals surface area (Å²) in [6.07, 6.45) is 1.12. The van der Waals surface area contributed by atoms with Crippen LogP contribution in [0.5, 0.6) is 0 Å². The molecule has 0 atom stereocenters. The van der Waals surface area contributed by atoms with Crippen molar-refractivity contribution in [3.05, 3.63) is 42.0 Å². The van der Waals surface area contributed by atoms with Crippen LogP contribution in [0.15, 0.2) is 30.8 Å². The molecule has 0 radical (unpaired) electrons. The van der Waals surface area contributed by atoms with Gasteiger partial charge in [0.1, 0.15) is 0 Å². The summed E-state index contributed by atoms with van der Waals surface area (Å²) in [5.41, 5.74) is 3.75. The van der Waals surface area contributed by atoms with E-state index in [1.54, 1.807) is 0 Å². The van der Waals surface area contributed by atoms with Gasteiger partial charge in [0, 0.05) is 17.8 Å². The highest BCUT2D eigenvalue weighted by Gasteiger charge is 2.09. The van der Waals surface area contributed by atoms with E-state index in [0.29, 0.717) is 0 Å². The molecule has 0 bridgehead atoms. The molecular formula is C12H17N. The van der Waals surface area contributed by atoms with Crippen LogP contribution in [0.4, 0.5) is 0 Å². The molecule has 0 saturated heterocycles. The van der Waals surface area contributed by atoms with Crippen LogP contribution in [-0.2, 0) is 6.42 Å². The molecule has 1 heteroatoms. The summed E-state index contributed by atoms with van der Waals surface area (Å²) in [4.78, 5) is 0. The second kappa shape index (κ2) is 4.70. The molecule has 0 aliphatic carbocycles. The fourth-order valence-corrected chi connectivity index (χ4v) is 1.48. The maximum atomic E-state index is 3.94. The topological polar surface area (TPSA) is 12.0 Å². The first-order valence-electron chi connectivity index (χ1n) is 4.89. The molecule has 0 unspecified atom stereocenters. The van der Waals surface area contributed by atoms with Gasteiger partial charge in [-0.2, -0.15) is 0 Å². The molecule has 1 heterocycles. The van der Waals surface area contributed by atoms with Crippen molar-refractivity contribution in [1.29, 1.82) is 0 Å². The number of fused-ring (bicyclic) bond motifs is 1. The maximum absolute atomic E-state index is 3.94. The molecule has 1 nitrogen and oxygen atoms in total. The Bertz CT molecular complexity index is 289. The first-order chi connectivity index (χ1) is 6.38. The normalized spacial score (nSPS) is 13.5. The van der Waals surface area contributed by atoms with Gasteiger partial charge in [0.25, 0.3) is 0 Å². The highest BCUT2D eigenvalue weighted by molar-refractivity contribution is 5.66. The Labute approximate surface area is 80.5 Å². The number of hydrogen-bond donors (Lipinski definition) is 1. The maximum Gasteiger partial charge on any atom is 0.0343 e. The minimum atomic E-state index is 1.02. The lowest BCUT2D eigenvalue weighted by Gasteiger charge is -2.19. The van der Waals surface area contributed by atoms with E-state index >= 15 is 0 Å². The molecule has 1 aliphatic rings. The van der Waals surface area contributed by atoms with Gasteiger partial charge in [-0.3, -0.25) is 0 Å². The van der Waals surface area contributed by atoms with E-state index in [4.69, 9.17) is 0 Å². The SMILES string of the molecule is C=C1NCCc2ccccc21.CC. The smallest absolute Gasteiger partial charge is 0.0343 e. The van der Waals surface area contributed by atoms with Gasteiger partial charge in [-0.15, -0.1) is 0 Å². The zero-order valence-corrected chi connectivity index (χ0v) is 8.43. The molecule has 70 valence electrons. The molecule has 1 N–H and O–H groups in total. The molecule has 0 spiro atoms. The van der Waals surface area contributed by atoms with Crippen molar-refractivity contribution in [1.82, 2.24) is 5.32 Å². The molecule has 13 heavy (non-hydrogen) atoms. The van der Waals surface area contributed by atoms with Crippen molar-refractivity contribution >= 4 is 5.70 Å². The fraction of sp³-hybridized carbons (Fsp3) is 0.333. The Morgan fingerprint density at radius 1 is 1.23 bits per heavy atom. The third kappa shape index (κ3) is 2.11. The van der Waals surface area contributed by atoms with Gasteiger partial charge in [-0.1, -0.05) is 44.7 Å². The predicted octanol–water partition coefficient (Wildman–Crippen LogP) is 2.83. The minimum Gasteiger partial charge on any atom is -0.385 e. The molecule has 0 aromatic heterocycles. The molecule has 0 fully saturated rings. The van der Waals surface area contributed by atoms with Crippen LogP contribution in [0.25, 0.3) is 5.70 Å². The summed E-state index contributed by atoms with van der Waals surface area (Å²) in [7, 11) is 0. The summed E-state index contributed by atoms with van der Waals surface area (Å²) >= 11 is 0. The molecule has 1 aromatic carbocycles. The Morgan fingerprint density at radius 2 is 1.92 bits per heavy atom. The van der Waals surface area contributed by atoms with Crippen LogP contribution < -0.4 is 5.32 Å². The highest BCUT2D eigenvalue weighted by Crippen LogP contribution is 2.19. The summed E-state index contributed by atoms with van der Waals surface area (Å²) in [5, 5.41) is 3.24. The van der Waals surface area contributed by atoms with Gasteiger partial charge in [-0.05, 0) is 12.0 Å². The second-order valence-corrected chi connectivity index (χ2v) is 2.81. The van der Waals surface area contributed by atoms with E-state index in [2.05, 4.69) is 36.2 Å². The van der Waals surface area contributed by atoms with E-state index in [9.17, 15) is 0 Å². The highest BCUT2D eigenvalue weighted by atomic mass is 14.9. The molecule has 1 aromatic rings. The third-order valence-corrected chi connectivity index (χ3v) is 2.08. The van der Waals surface area contributed by atoms with Crippen LogP contribution in [-0.4, -0.2) is 6.54 Å². The summed E-state index contributed by atoms with van der Waals surface area (Å²) in [5.74, 6) is 0. The van der Waals surface area contributed by atoms with Crippen LogP contribution >= 0.6 is 0 Å². The average molecular weight is 175 g/mol. The third-order valence-electron chi connectivity index (χ3n) is 2.08. The van der Waals surface area contributed by atoms with Gasteiger partial charge in [0.05, 0.1) is 0 Å². The Kier molecular flexibility index (Phi) is 3.56. The molecule has 1 aliphatic heterocycles. The summed E-state index contributed by atoms with van der Waals surface area (Å²) in [6.45, 7) is 8.97. The Hall–Kier alpha value is -1.24. The van der Waals surface area contributed by atoms with E-state index in [1.807, 2.05) is 13.8 Å². The number of benzene rings is 1. The van der Waals surface area contributed by atoms with Crippen molar-refractivity contribution in [3.63, 3.8) is 0 Å². The van der Waals surface area contributed by atoms with E-state index in [-0.39, 0.29) is 0 Å². The number of rotatable bonds is 0. The lowest BCUT2D eigenvalue weighted by molar-refractivity contribution is 0.816. The predicted molar refractivity (Wildman–Crippen MR) is 58.5 cm³/mol. The zero-order chi connectivity index (χ0) is 9.68. The van der Waals surface area contributed by atoms with Crippen LogP contribution in [0, 0.1) is 0 Å². The van der Waals surface area contributed by atoms with Crippen molar-refractivity contribution in [3.8, 4) is 0 Å². The van der Waals surface area contributed by atoms with Crippen molar-refractivity contribution in [2.24, 2.45) is 0 Å². The molecule has 0 amide bonds. The van der Waals surface area contributed by atoms with E-state index in [0.717, 1.165) is 18.7 Å². The number of nitrogens with one attached hydrogen (secondary N) is 1. The summed E-state index contributed by atoms with van der Waals surface area (Å²) in [6, 6.07) is 8.42. The van der Waals surface area contributed by atoms with Crippen LogP contribution in [0.3, 0.4) is 0 Å². The number of hydrogen-bond acceptors (Lipinski definition) is 1. The van der Waals surface area contributed by atoms with Crippen LogP contribution in [0.2, 0.25) is 0 Å². The van der Waals surface area contributed by atoms with Crippen LogP contribution in [0.1, 0.15) is 25.0 Å². The average Bonchev–Trinajstić information content (AvgIpc) is 2.22. The first-order valence-corrected chi connectivity index (χ1v) is 4.89. The van der Waals surface area contributed by atoms with Gasteiger partial charge in [0.2, 0.25) is 0 Å². The van der Waals surface area contributed by atoms with Crippen molar-refractivity contribution in [2.75, 3.05) is 6.54 Å². The van der Waals surface area contributed by atoms with Gasteiger partial charge >= 0.3 is 0 Å². The Balaban J connectivity index is 0.000000396. The standard InChI is InChI=1S/C10H11N.C2H6/c1-8-10-5-3-2-4-9(10)6-7-11-8;1-2/h2-5,11H,1,6-7H2;1-2H3. The molecule has 0 saturated carbocycles. The zero-order valence-electron chi connectivity index (χ0n) is 8.43. The summed E-state index contributed by atoms with van der Waals surface area (Å²) < 4.78 is 0. The lowest BCUT2D eigenvalue weighted by Crippen LogP contribution is -2.21. The molecular weight excluding hydrogens is 158 g/mol. The van der Waals surface area contributed by atoms with Crippen molar-refractivity contribution in [2.45, 2.75) is 20.3 Å². The molecule has 2 rings (SSSR count). The van der Waals surface area contributed by atoms with Crippen molar-refractivity contribution < 1.29 is 0 Å². The van der Waals surface area contributed by atoms with E-state index < -0.39 is 0 Å². The first kappa shape index (κ1) is 9.85. The van der Waals surface area contributed by atoms with E-state index in [1.165, 1.54) is 11.1 Å². The van der Waals surface area contributed by atoms with Gasteiger partial charge in [-0.25, -0.2) is 0 Å². The Morgan fingerprint density at radius 3 is 2.62 bits per heavy atom.